The Bertz CT molecular complexity index is 614. The lowest BCUT2D eigenvalue weighted by Gasteiger charge is -2.27. The number of hydrogen-bond acceptors (Lipinski definition) is 3. The number of hydrogen-bond donors (Lipinski definition) is 0. The van der Waals surface area contributed by atoms with Gasteiger partial charge in [0, 0.05) is 24.8 Å². The van der Waals surface area contributed by atoms with E-state index in [-0.39, 0.29) is 11.9 Å². The Balaban J connectivity index is 1.90. The molecule has 0 saturated heterocycles. The summed E-state index contributed by atoms with van der Waals surface area (Å²) in [6, 6.07) is 12.4. The number of halogens is 3. The Hall–Kier alpha value is -2.08. The van der Waals surface area contributed by atoms with Crippen LogP contribution in [0.15, 0.2) is 48.7 Å². The van der Waals surface area contributed by atoms with E-state index < -0.39 is 11.7 Å². The third kappa shape index (κ3) is 5.23. The monoisotopic (exact) mass is 338 g/mol. The number of benzene rings is 1. The minimum absolute atomic E-state index is 0.110. The Morgan fingerprint density at radius 1 is 1.12 bits per heavy atom. The van der Waals surface area contributed by atoms with Gasteiger partial charge in [-0.1, -0.05) is 37.3 Å². The molecule has 0 amide bonds. The van der Waals surface area contributed by atoms with Crippen LogP contribution in [0.4, 0.5) is 13.2 Å². The second-order valence-corrected chi connectivity index (χ2v) is 5.59. The molecule has 0 saturated carbocycles. The second kappa shape index (κ2) is 8.15. The maximum Gasteiger partial charge on any atom is 0.417 e. The van der Waals surface area contributed by atoms with Crippen LogP contribution in [0.2, 0.25) is 0 Å². The van der Waals surface area contributed by atoms with E-state index in [0.717, 1.165) is 25.4 Å². The lowest BCUT2D eigenvalue weighted by molar-refractivity contribution is -0.137. The van der Waals surface area contributed by atoms with E-state index >= 15 is 0 Å². The standard InChI is InChI=1S/C18H21F3N2O/c1-3-23(12-15-7-5-4-6-8-15)14(2)13-24-17-10-9-16(11-22-17)18(19,20)21/h4-11,14H,3,12-13H2,1-2H3. The number of alkyl halides is 3. The first-order valence-electron chi connectivity index (χ1n) is 7.84. The summed E-state index contributed by atoms with van der Waals surface area (Å²) in [5.74, 6) is 0.200. The number of likely N-dealkylation sites (N-methyl/N-ethyl adjacent to an activating group) is 1. The van der Waals surface area contributed by atoms with Crippen LogP contribution in [0.5, 0.6) is 5.88 Å². The molecule has 6 heteroatoms. The van der Waals surface area contributed by atoms with Crippen molar-refractivity contribution >= 4 is 0 Å². The Morgan fingerprint density at radius 3 is 2.38 bits per heavy atom. The van der Waals surface area contributed by atoms with Crippen LogP contribution in [0, 0.1) is 0 Å². The van der Waals surface area contributed by atoms with E-state index in [1.807, 2.05) is 25.1 Å². The van der Waals surface area contributed by atoms with Crippen molar-refractivity contribution in [3.05, 3.63) is 59.8 Å². The highest BCUT2D eigenvalue weighted by molar-refractivity contribution is 5.20. The molecule has 0 aliphatic rings. The summed E-state index contributed by atoms with van der Waals surface area (Å²) in [6.07, 6.45) is -3.59. The van der Waals surface area contributed by atoms with Crippen molar-refractivity contribution in [2.24, 2.45) is 0 Å². The van der Waals surface area contributed by atoms with Crippen molar-refractivity contribution in [3.63, 3.8) is 0 Å². The molecule has 0 fully saturated rings. The molecule has 0 aliphatic carbocycles. The van der Waals surface area contributed by atoms with Gasteiger partial charge in [-0.2, -0.15) is 13.2 Å². The Kier molecular flexibility index (Phi) is 6.20. The largest absolute Gasteiger partial charge is 0.476 e. The number of pyridine rings is 1. The van der Waals surface area contributed by atoms with Crippen LogP contribution in [0.25, 0.3) is 0 Å². The van der Waals surface area contributed by atoms with Crippen molar-refractivity contribution in [2.45, 2.75) is 32.6 Å². The molecule has 24 heavy (non-hydrogen) atoms. The van der Waals surface area contributed by atoms with Crippen molar-refractivity contribution in [1.82, 2.24) is 9.88 Å². The highest BCUT2D eigenvalue weighted by Gasteiger charge is 2.30. The number of ether oxygens (including phenoxy) is 1. The molecule has 1 unspecified atom stereocenters. The van der Waals surface area contributed by atoms with E-state index in [0.29, 0.717) is 6.61 Å². The van der Waals surface area contributed by atoms with E-state index in [1.54, 1.807) is 0 Å². The molecule has 130 valence electrons. The van der Waals surface area contributed by atoms with Gasteiger partial charge in [0.15, 0.2) is 0 Å². The summed E-state index contributed by atoms with van der Waals surface area (Å²) < 4.78 is 43.1. The van der Waals surface area contributed by atoms with Gasteiger partial charge in [-0.05, 0) is 25.1 Å². The van der Waals surface area contributed by atoms with Crippen LogP contribution in [0.3, 0.4) is 0 Å². The topological polar surface area (TPSA) is 25.4 Å². The Labute approximate surface area is 140 Å². The predicted octanol–water partition coefficient (Wildman–Crippen LogP) is 4.39. The maximum absolute atomic E-state index is 12.5. The predicted molar refractivity (Wildman–Crippen MR) is 86.7 cm³/mol. The van der Waals surface area contributed by atoms with Gasteiger partial charge < -0.3 is 4.74 Å². The first-order chi connectivity index (χ1) is 11.4. The minimum Gasteiger partial charge on any atom is -0.476 e. The minimum atomic E-state index is -4.38. The van der Waals surface area contributed by atoms with Gasteiger partial charge in [-0.25, -0.2) is 4.98 Å². The molecule has 3 nitrogen and oxygen atoms in total. The molecule has 1 aromatic carbocycles. The highest BCUT2D eigenvalue weighted by atomic mass is 19.4. The van der Waals surface area contributed by atoms with E-state index in [4.69, 9.17) is 4.74 Å². The Morgan fingerprint density at radius 2 is 1.83 bits per heavy atom. The van der Waals surface area contributed by atoms with Crippen LogP contribution in [0.1, 0.15) is 25.0 Å². The molecule has 1 atom stereocenters. The van der Waals surface area contributed by atoms with E-state index in [2.05, 4.69) is 28.9 Å². The summed E-state index contributed by atoms with van der Waals surface area (Å²) in [7, 11) is 0. The summed E-state index contributed by atoms with van der Waals surface area (Å²) in [5.41, 5.74) is 0.431. The van der Waals surface area contributed by atoms with Crippen LogP contribution >= 0.6 is 0 Å². The highest BCUT2D eigenvalue weighted by Crippen LogP contribution is 2.29. The van der Waals surface area contributed by atoms with E-state index in [1.165, 1.54) is 11.6 Å². The molecular formula is C18H21F3N2O. The van der Waals surface area contributed by atoms with Crippen LogP contribution in [-0.2, 0) is 12.7 Å². The average molecular weight is 338 g/mol. The fraction of sp³-hybridized carbons (Fsp3) is 0.389. The van der Waals surface area contributed by atoms with Gasteiger partial charge in [0.25, 0.3) is 0 Å². The van der Waals surface area contributed by atoms with Gasteiger partial charge in [-0.15, -0.1) is 0 Å². The fourth-order valence-electron chi connectivity index (χ4n) is 2.34. The number of nitrogens with zero attached hydrogens (tertiary/aromatic N) is 2. The molecule has 1 aromatic heterocycles. The van der Waals surface area contributed by atoms with Crippen LogP contribution in [-0.4, -0.2) is 29.1 Å². The summed E-state index contributed by atoms with van der Waals surface area (Å²) >= 11 is 0. The molecule has 0 spiro atoms. The third-order valence-electron chi connectivity index (χ3n) is 3.79. The summed E-state index contributed by atoms with van der Waals surface area (Å²) in [5, 5.41) is 0. The zero-order valence-corrected chi connectivity index (χ0v) is 13.8. The first kappa shape index (κ1) is 18.3. The second-order valence-electron chi connectivity index (χ2n) is 5.59. The summed E-state index contributed by atoms with van der Waals surface area (Å²) in [4.78, 5) is 5.96. The maximum atomic E-state index is 12.5. The molecule has 0 bridgehead atoms. The molecule has 0 N–H and O–H groups in total. The van der Waals surface area contributed by atoms with Crippen molar-refractivity contribution in [3.8, 4) is 5.88 Å². The lowest BCUT2D eigenvalue weighted by Crippen LogP contribution is -2.36. The third-order valence-corrected chi connectivity index (χ3v) is 3.79. The SMILES string of the molecule is CCN(Cc1ccccc1)C(C)COc1ccc(C(F)(F)F)cn1. The molecule has 2 rings (SSSR count). The number of aromatic nitrogens is 1. The smallest absolute Gasteiger partial charge is 0.417 e. The lowest BCUT2D eigenvalue weighted by atomic mass is 10.2. The van der Waals surface area contributed by atoms with Crippen molar-refractivity contribution < 1.29 is 17.9 Å². The normalized spacial score (nSPS) is 13.1. The first-order valence-corrected chi connectivity index (χ1v) is 7.84. The van der Waals surface area contributed by atoms with Gasteiger partial charge in [0.05, 0.1) is 5.56 Å². The molecular weight excluding hydrogens is 317 g/mol. The van der Waals surface area contributed by atoms with Gasteiger partial charge >= 0.3 is 6.18 Å². The van der Waals surface area contributed by atoms with Crippen molar-refractivity contribution in [1.29, 1.82) is 0 Å². The van der Waals surface area contributed by atoms with E-state index in [9.17, 15) is 13.2 Å². The van der Waals surface area contributed by atoms with Crippen molar-refractivity contribution in [2.75, 3.05) is 13.2 Å². The van der Waals surface area contributed by atoms with Crippen LogP contribution < -0.4 is 4.74 Å². The fourth-order valence-corrected chi connectivity index (χ4v) is 2.34. The average Bonchev–Trinajstić information content (AvgIpc) is 2.58. The quantitative estimate of drug-likeness (QED) is 0.749. The zero-order chi connectivity index (χ0) is 17.6. The van der Waals surface area contributed by atoms with Gasteiger partial charge in [0.2, 0.25) is 5.88 Å². The molecule has 0 aliphatic heterocycles. The molecule has 2 aromatic rings. The number of rotatable bonds is 7. The van der Waals surface area contributed by atoms with Gasteiger partial charge in [-0.3, -0.25) is 4.90 Å². The molecule has 0 radical (unpaired) electrons. The summed E-state index contributed by atoms with van der Waals surface area (Å²) in [6.45, 7) is 6.09. The van der Waals surface area contributed by atoms with Gasteiger partial charge in [0.1, 0.15) is 6.61 Å². The molecule has 1 heterocycles. The zero-order valence-electron chi connectivity index (χ0n) is 13.8.